The van der Waals surface area contributed by atoms with Gasteiger partial charge in [0.05, 0.1) is 11.1 Å². The lowest BCUT2D eigenvalue weighted by Gasteiger charge is -1.98. The van der Waals surface area contributed by atoms with Crippen LogP contribution in [0.25, 0.3) is 6.08 Å². The smallest absolute Gasteiger partial charge is 0.195 e. The normalized spacial score (nSPS) is 11.2. The van der Waals surface area contributed by atoms with Crippen LogP contribution in [0, 0.1) is 6.92 Å². The van der Waals surface area contributed by atoms with Gasteiger partial charge in [0.15, 0.2) is 5.78 Å². The maximum atomic E-state index is 12.4. The first-order valence-electron chi connectivity index (χ1n) is 8.05. The quantitative estimate of drug-likeness (QED) is 0.480. The van der Waals surface area contributed by atoms with Crippen molar-refractivity contribution in [1.82, 2.24) is 9.78 Å². The molecule has 0 fully saturated rings. The number of carbonyl (C=O) groups excluding carboxylic acids is 1. The Hall–Kier alpha value is -2.46. The van der Waals surface area contributed by atoms with Gasteiger partial charge in [-0.3, -0.25) is 9.48 Å². The highest BCUT2D eigenvalue weighted by atomic mass is 32.1. The summed E-state index contributed by atoms with van der Waals surface area (Å²) in [6, 6.07) is 14.3. The summed E-state index contributed by atoms with van der Waals surface area (Å²) in [5.41, 5.74) is 3.33. The van der Waals surface area contributed by atoms with Crippen LogP contribution in [0.4, 0.5) is 0 Å². The highest BCUT2D eigenvalue weighted by Crippen LogP contribution is 2.21. The summed E-state index contributed by atoms with van der Waals surface area (Å²) < 4.78 is 1.92. The molecular formula is C20H20N2OS. The number of benzene rings is 1. The summed E-state index contributed by atoms with van der Waals surface area (Å²) in [6.45, 7) is 4.91. The number of thiophene rings is 1. The molecular weight excluding hydrogens is 316 g/mol. The highest BCUT2D eigenvalue weighted by Gasteiger charge is 2.08. The molecule has 0 spiro atoms. The van der Waals surface area contributed by atoms with Gasteiger partial charge in [0.1, 0.15) is 0 Å². The number of hydrogen-bond acceptors (Lipinski definition) is 3. The first-order valence-corrected chi connectivity index (χ1v) is 8.86. The van der Waals surface area contributed by atoms with Gasteiger partial charge in [-0.05, 0) is 43.7 Å². The van der Waals surface area contributed by atoms with Gasteiger partial charge in [0.25, 0.3) is 0 Å². The van der Waals surface area contributed by atoms with Gasteiger partial charge in [-0.1, -0.05) is 30.3 Å². The van der Waals surface area contributed by atoms with Crippen LogP contribution in [0.2, 0.25) is 0 Å². The Morgan fingerprint density at radius 3 is 2.71 bits per heavy atom. The third-order valence-electron chi connectivity index (χ3n) is 3.98. The van der Waals surface area contributed by atoms with Crippen LogP contribution in [0.3, 0.4) is 0 Å². The van der Waals surface area contributed by atoms with E-state index in [4.69, 9.17) is 0 Å². The van der Waals surface area contributed by atoms with Crippen LogP contribution in [0.15, 0.2) is 54.7 Å². The molecule has 0 saturated carbocycles. The number of aromatic nitrogens is 2. The van der Waals surface area contributed by atoms with Gasteiger partial charge in [-0.2, -0.15) is 5.10 Å². The maximum Gasteiger partial charge on any atom is 0.195 e. The number of hydrogen-bond donors (Lipinski definition) is 0. The molecule has 0 N–H and O–H groups in total. The molecule has 0 aliphatic rings. The van der Waals surface area contributed by atoms with Crippen LogP contribution in [-0.2, 0) is 13.0 Å². The molecule has 2 heterocycles. The van der Waals surface area contributed by atoms with Crippen molar-refractivity contribution >= 4 is 23.2 Å². The van der Waals surface area contributed by atoms with Crippen molar-refractivity contribution in [1.29, 1.82) is 0 Å². The molecule has 3 nitrogen and oxygen atoms in total. The van der Waals surface area contributed by atoms with Gasteiger partial charge >= 0.3 is 0 Å². The second-order valence-corrected chi connectivity index (χ2v) is 6.80. The van der Waals surface area contributed by atoms with Crippen LogP contribution in [0.1, 0.15) is 38.3 Å². The maximum absolute atomic E-state index is 12.4. The Bertz CT molecular complexity index is 859. The average Bonchev–Trinajstić information content (AvgIpc) is 3.20. The molecule has 2 aromatic heterocycles. The second kappa shape index (κ2) is 7.41. The van der Waals surface area contributed by atoms with E-state index >= 15 is 0 Å². The van der Waals surface area contributed by atoms with E-state index in [1.54, 1.807) is 23.6 Å². The molecule has 0 atom stereocenters. The van der Waals surface area contributed by atoms with Gasteiger partial charge < -0.3 is 0 Å². The van der Waals surface area contributed by atoms with E-state index in [1.165, 1.54) is 10.4 Å². The predicted octanol–water partition coefficient (Wildman–Crippen LogP) is 4.76. The van der Waals surface area contributed by atoms with E-state index in [0.717, 1.165) is 29.1 Å². The summed E-state index contributed by atoms with van der Waals surface area (Å²) in [5, 5.41) is 4.29. The molecule has 0 saturated heterocycles. The lowest BCUT2D eigenvalue weighted by atomic mass is 10.1. The molecule has 24 heavy (non-hydrogen) atoms. The monoisotopic (exact) mass is 336 g/mol. The van der Waals surface area contributed by atoms with E-state index in [1.807, 2.05) is 48.0 Å². The molecule has 0 aliphatic heterocycles. The van der Waals surface area contributed by atoms with Crippen molar-refractivity contribution in [2.24, 2.45) is 0 Å². The average molecular weight is 336 g/mol. The van der Waals surface area contributed by atoms with Gasteiger partial charge in [-0.25, -0.2) is 0 Å². The minimum atomic E-state index is 0.0444. The molecule has 3 rings (SSSR count). The number of allylic oxidation sites excluding steroid dienone is 1. The minimum Gasteiger partial charge on any atom is -0.288 e. The Labute approximate surface area is 146 Å². The predicted molar refractivity (Wildman–Crippen MR) is 99.6 cm³/mol. The Morgan fingerprint density at radius 2 is 2.00 bits per heavy atom. The number of carbonyl (C=O) groups is 1. The fourth-order valence-electron chi connectivity index (χ4n) is 2.59. The second-order valence-electron chi connectivity index (χ2n) is 5.63. The van der Waals surface area contributed by atoms with E-state index in [9.17, 15) is 4.79 Å². The molecule has 1 aromatic carbocycles. The van der Waals surface area contributed by atoms with Gasteiger partial charge in [0, 0.05) is 29.1 Å². The highest BCUT2D eigenvalue weighted by molar-refractivity contribution is 7.14. The van der Waals surface area contributed by atoms with Crippen molar-refractivity contribution in [3.63, 3.8) is 0 Å². The van der Waals surface area contributed by atoms with E-state index < -0.39 is 0 Å². The summed E-state index contributed by atoms with van der Waals surface area (Å²) in [4.78, 5) is 14.3. The lowest BCUT2D eigenvalue weighted by molar-refractivity contribution is 0.105. The van der Waals surface area contributed by atoms with Gasteiger partial charge in [0.2, 0.25) is 0 Å². The van der Waals surface area contributed by atoms with E-state index in [-0.39, 0.29) is 5.78 Å². The SMILES string of the molecule is CCn1ncc(/C=C/C(=O)c2ccc(Cc3ccccc3)s2)c1C. The Morgan fingerprint density at radius 1 is 1.21 bits per heavy atom. The molecule has 0 bridgehead atoms. The number of aryl methyl sites for hydroxylation is 1. The van der Waals surface area contributed by atoms with Crippen LogP contribution in [-0.4, -0.2) is 15.6 Å². The Balaban J connectivity index is 1.69. The molecule has 0 radical (unpaired) electrons. The van der Waals surface area contributed by atoms with Crippen molar-refractivity contribution in [3.05, 3.63) is 81.3 Å². The zero-order chi connectivity index (χ0) is 16.9. The molecule has 4 heteroatoms. The molecule has 0 unspecified atom stereocenters. The summed E-state index contributed by atoms with van der Waals surface area (Å²) in [5.74, 6) is 0.0444. The largest absolute Gasteiger partial charge is 0.288 e. The topological polar surface area (TPSA) is 34.9 Å². The van der Waals surface area contributed by atoms with Crippen molar-refractivity contribution in [3.8, 4) is 0 Å². The van der Waals surface area contributed by atoms with Crippen molar-refractivity contribution < 1.29 is 4.79 Å². The number of nitrogens with zero attached hydrogens (tertiary/aromatic N) is 2. The van der Waals surface area contributed by atoms with Gasteiger partial charge in [-0.15, -0.1) is 11.3 Å². The summed E-state index contributed by atoms with van der Waals surface area (Å²) in [7, 11) is 0. The first-order chi connectivity index (χ1) is 11.7. The number of rotatable bonds is 6. The zero-order valence-corrected chi connectivity index (χ0v) is 14.7. The minimum absolute atomic E-state index is 0.0444. The fourth-order valence-corrected chi connectivity index (χ4v) is 3.56. The first kappa shape index (κ1) is 16.4. The molecule has 0 aliphatic carbocycles. The third kappa shape index (κ3) is 3.71. The summed E-state index contributed by atoms with van der Waals surface area (Å²) >= 11 is 1.56. The van der Waals surface area contributed by atoms with Crippen LogP contribution >= 0.6 is 11.3 Å². The van der Waals surface area contributed by atoms with Crippen LogP contribution in [0.5, 0.6) is 0 Å². The lowest BCUT2D eigenvalue weighted by Crippen LogP contribution is -1.98. The molecule has 3 aromatic rings. The molecule has 122 valence electrons. The molecule has 0 amide bonds. The fraction of sp³-hybridized carbons (Fsp3) is 0.200. The van der Waals surface area contributed by atoms with E-state index in [2.05, 4.69) is 24.2 Å². The summed E-state index contributed by atoms with van der Waals surface area (Å²) in [6.07, 6.45) is 6.16. The standard InChI is InChI=1S/C20H20N2OS/c1-3-22-15(2)17(14-21-22)9-11-19(23)20-12-10-18(24-20)13-16-7-5-4-6-8-16/h4-12,14H,3,13H2,1-2H3/b11-9+. The van der Waals surface area contributed by atoms with E-state index in [0.29, 0.717) is 0 Å². The Kier molecular flexibility index (Phi) is 5.06. The van der Waals surface area contributed by atoms with Crippen molar-refractivity contribution in [2.45, 2.75) is 26.8 Å². The van der Waals surface area contributed by atoms with Crippen molar-refractivity contribution in [2.75, 3.05) is 0 Å². The third-order valence-corrected chi connectivity index (χ3v) is 5.08. The van der Waals surface area contributed by atoms with Crippen LogP contribution < -0.4 is 0 Å². The number of ketones is 1. The zero-order valence-electron chi connectivity index (χ0n) is 13.9.